The average molecular weight is 412 g/mol. The molecule has 0 saturated carbocycles. The number of hydrogen-bond acceptors (Lipinski definition) is 5. The lowest BCUT2D eigenvalue weighted by molar-refractivity contribution is 0.0622. The number of urea groups is 1. The molecule has 0 unspecified atom stereocenters. The van der Waals surface area contributed by atoms with E-state index in [1.807, 2.05) is 11.8 Å². The first-order chi connectivity index (χ1) is 14.5. The highest BCUT2D eigenvalue weighted by molar-refractivity contribution is 5.92. The lowest BCUT2D eigenvalue weighted by Gasteiger charge is -2.38. The number of aromatic nitrogens is 3. The molecule has 2 aliphatic rings. The van der Waals surface area contributed by atoms with Crippen molar-refractivity contribution in [3.63, 3.8) is 0 Å². The Kier molecular flexibility index (Phi) is 5.98. The highest BCUT2D eigenvalue weighted by atomic mass is 16.2. The molecule has 30 heavy (non-hydrogen) atoms. The zero-order chi connectivity index (χ0) is 21.1. The van der Waals surface area contributed by atoms with Gasteiger partial charge >= 0.3 is 6.03 Å². The van der Waals surface area contributed by atoms with Crippen molar-refractivity contribution in [1.82, 2.24) is 35.0 Å². The smallest absolute Gasteiger partial charge is 0.317 e. The van der Waals surface area contributed by atoms with Crippen LogP contribution in [0.3, 0.4) is 0 Å². The highest BCUT2D eigenvalue weighted by Crippen LogP contribution is 2.20. The van der Waals surface area contributed by atoms with Crippen molar-refractivity contribution >= 4 is 11.9 Å². The molecule has 0 aliphatic carbocycles. The molecule has 3 amide bonds. The fourth-order valence-electron chi connectivity index (χ4n) is 3.83. The topological polar surface area (TPSA) is 86.6 Å². The zero-order valence-electron chi connectivity index (χ0n) is 17.6. The predicted octanol–water partition coefficient (Wildman–Crippen LogP) is 1.13. The van der Waals surface area contributed by atoms with Gasteiger partial charge in [0.1, 0.15) is 0 Å². The Balaban J connectivity index is 1.26. The number of carbonyl (C=O) groups is 2. The Labute approximate surface area is 176 Å². The Morgan fingerprint density at radius 3 is 2.43 bits per heavy atom. The lowest BCUT2D eigenvalue weighted by Crippen LogP contribution is -2.54. The van der Waals surface area contributed by atoms with Gasteiger partial charge in [-0.25, -0.2) is 9.48 Å². The maximum Gasteiger partial charge on any atom is 0.317 e. The first-order valence-electron chi connectivity index (χ1n) is 10.5. The van der Waals surface area contributed by atoms with E-state index >= 15 is 0 Å². The largest absolute Gasteiger partial charge is 0.338 e. The van der Waals surface area contributed by atoms with Crippen LogP contribution in [0, 0.1) is 6.92 Å². The summed E-state index contributed by atoms with van der Waals surface area (Å²) in [6.45, 7) is 9.73. The van der Waals surface area contributed by atoms with E-state index in [0.29, 0.717) is 38.4 Å². The molecule has 1 N–H and O–H groups in total. The molecule has 9 nitrogen and oxygen atoms in total. The van der Waals surface area contributed by atoms with E-state index in [-0.39, 0.29) is 18.0 Å². The first kappa shape index (κ1) is 20.3. The molecule has 4 rings (SSSR count). The summed E-state index contributed by atoms with van der Waals surface area (Å²) in [5, 5.41) is 11.0. The molecule has 2 aromatic rings. The standard InChI is InChI=1S/C21H29N7O2/c1-3-22-21(30)27-13-18(14-27)28-15-19(23-24-28)20(29)26-10-8-25(9-11-26)12-17-6-4-16(2)5-7-17/h4-7,15,18H,3,8-14H2,1-2H3,(H,22,30). The highest BCUT2D eigenvalue weighted by Gasteiger charge is 2.33. The van der Waals surface area contributed by atoms with Crippen LogP contribution in [0.5, 0.6) is 0 Å². The van der Waals surface area contributed by atoms with E-state index < -0.39 is 0 Å². The average Bonchev–Trinajstić information content (AvgIpc) is 3.18. The van der Waals surface area contributed by atoms with Gasteiger partial charge in [-0.05, 0) is 19.4 Å². The third-order valence-corrected chi connectivity index (χ3v) is 5.77. The minimum Gasteiger partial charge on any atom is -0.338 e. The van der Waals surface area contributed by atoms with Gasteiger partial charge in [-0.2, -0.15) is 0 Å². The van der Waals surface area contributed by atoms with Gasteiger partial charge in [0, 0.05) is 52.4 Å². The van der Waals surface area contributed by atoms with E-state index in [1.165, 1.54) is 11.1 Å². The summed E-state index contributed by atoms with van der Waals surface area (Å²) in [5.41, 5.74) is 2.94. The van der Waals surface area contributed by atoms with Crippen LogP contribution >= 0.6 is 0 Å². The molecule has 160 valence electrons. The monoisotopic (exact) mass is 411 g/mol. The fraction of sp³-hybridized carbons (Fsp3) is 0.524. The van der Waals surface area contributed by atoms with E-state index in [4.69, 9.17) is 0 Å². The van der Waals surface area contributed by atoms with Crippen LogP contribution in [0.15, 0.2) is 30.5 Å². The SMILES string of the molecule is CCNC(=O)N1CC(n2cc(C(=O)N3CCN(Cc4ccc(C)cc4)CC3)nn2)C1. The van der Waals surface area contributed by atoms with Gasteiger partial charge in [0.2, 0.25) is 0 Å². The number of benzene rings is 1. The second kappa shape index (κ2) is 8.83. The van der Waals surface area contributed by atoms with Crippen molar-refractivity contribution in [3.05, 3.63) is 47.3 Å². The van der Waals surface area contributed by atoms with Crippen molar-refractivity contribution in [1.29, 1.82) is 0 Å². The molecular formula is C21H29N7O2. The number of nitrogens with one attached hydrogen (secondary N) is 1. The third-order valence-electron chi connectivity index (χ3n) is 5.77. The van der Waals surface area contributed by atoms with Crippen molar-refractivity contribution in [2.45, 2.75) is 26.4 Å². The molecule has 9 heteroatoms. The van der Waals surface area contributed by atoms with Crippen molar-refractivity contribution in [2.24, 2.45) is 0 Å². The van der Waals surface area contributed by atoms with Crippen LogP contribution in [0.25, 0.3) is 0 Å². The summed E-state index contributed by atoms with van der Waals surface area (Å²) >= 11 is 0. The third kappa shape index (κ3) is 4.46. The van der Waals surface area contributed by atoms with Gasteiger partial charge < -0.3 is 15.1 Å². The summed E-state index contributed by atoms with van der Waals surface area (Å²) in [4.78, 5) is 30.5. The quantitative estimate of drug-likeness (QED) is 0.797. The lowest BCUT2D eigenvalue weighted by atomic mass is 10.1. The van der Waals surface area contributed by atoms with Gasteiger partial charge in [-0.1, -0.05) is 35.0 Å². The van der Waals surface area contributed by atoms with Gasteiger partial charge in [-0.15, -0.1) is 5.10 Å². The molecule has 0 bridgehead atoms. The number of likely N-dealkylation sites (tertiary alicyclic amines) is 1. The van der Waals surface area contributed by atoms with Crippen LogP contribution in [-0.4, -0.2) is 87.4 Å². The number of nitrogens with zero attached hydrogens (tertiary/aromatic N) is 6. The molecule has 1 aromatic heterocycles. The van der Waals surface area contributed by atoms with Crippen LogP contribution in [0.4, 0.5) is 4.79 Å². The van der Waals surface area contributed by atoms with Crippen LogP contribution in [0.2, 0.25) is 0 Å². The molecule has 3 heterocycles. The second-order valence-electron chi connectivity index (χ2n) is 8.03. The van der Waals surface area contributed by atoms with Crippen molar-refractivity contribution in [2.75, 3.05) is 45.8 Å². The number of piperazine rings is 1. The molecule has 0 radical (unpaired) electrons. The fourth-order valence-corrected chi connectivity index (χ4v) is 3.83. The van der Waals surface area contributed by atoms with Crippen LogP contribution < -0.4 is 5.32 Å². The van der Waals surface area contributed by atoms with Crippen molar-refractivity contribution < 1.29 is 9.59 Å². The molecule has 2 fully saturated rings. The summed E-state index contributed by atoms with van der Waals surface area (Å²) in [6.07, 6.45) is 1.71. The van der Waals surface area contributed by atoms with Crippen molar-refractivity contribution in [3.8, 4) is 0 Å². The minimum absolute atomic E-state index is 0.0614. The van der Waals surface area contributed by atoms with Gasteiger partial charge in [-0.3, -0.25) is 9.69 Å². The summed E-state index contributed by atoms with van der Waals surface area (Å²) in [7, 11) is 0. The number of aryl methyl sites for hydroxylation is 1. The molecule has 1 aromatic carbocycles. The summed E-state index contributed by atoms with van der Waals surface area (Å²) < 4.78 is 1.70. The van der Waals surface area contributed by atoms with E-state index in [9.17, 15) is 9.59 Å². The van der Waals surface area contributed by atoms with Crippen LogP contribution in [0.1, 0.15) is 34.6 Å². The number of hydrogen-bond donors (Lipinski definition) is 1. The molecule has 0 spiro atoms. The van der Waals surface area contributed by atoms with Gasteiger partial charge in [0.05, 0.1) is 12.2 Å². The van der Waals surface area contributed by atoms with Crippen LogP contribution in [-0.2, 0) is 6.54 Å². The number of carbonyl (C=O) groups excluding carboxylic acids is 2. The maximum absolute atomic E-state index is 12.8. The van der Waals surface area contributed by atoms with E-state index in [2.05, 4.69) is 51.7 Å². The minimum atomic E-state index is -0.0730. The Bertz CT molecular complexity index is 881. The number of rotatable bonds is 5. The Morgan fingerprint density at radius 1 is 1.07 bits per heavy atom. The second-order valence-corrected chi connectivity index (χ2v) is 8.03. The summed E-state index contributed by atoms with van der Waals surface area (Å²) in [5.74, 6) is -0.0730. The summed E-state index contributed by atoms with van der Waals surface area (Å²) in [6, 6.07) is 8.62. The molecule has 2 saturated heterocycles. The van der Waals surface area contributed by atoms with E-state index in [0.717, 1.165) is 19.6 Å². The van der Waals surface area contributed by atoms with Gasteiger partial charge in [0.15, 0.2) is 5.69 Å². The first-order valence-corrected chi connectivity index (χ1v) is 10.5. The maximum atomic E-state index is 12.8. The van der Waals surface area contributed by atoms with E-state index in [1.54, 1.807) is 15.8 Å². The Morgan fingerprint density at radius 2 is 1.77 bits per heavy atom. The Hall–Kier alpha value is -2.94. The number of amides is 3. The molecule has 0 atom stereocenters. The normalized spacial score (nSPS) is 17.7. The zero-order valence-corrected chi connectivity index (χ0v) is 17.6. The molecule has 2 aliphatic heterocycles. The predicted molar refractivity (Wildman–Crippen MR) is 112 cm³/mol. The molecular weight excluding hydrogens is 382 g/mol. The van der Waals surface area contributed by atoms with Gasteiger partial charge in [0.25, 0.3) is 5.91 Å².